The van der Waals surface area contributed by atoms with Crippen molar-refractivity contribution in [2.45, 2.75) is 13.0 Å². The first-order valence-corrected chi connectivity index (χ1v) is 6.09. The van der Waals surface area contributed by atoms with E-state index >= 15 is 0 Å². The van der Waals surface area contributed by atoms with Crippen LogP contribution in [0.2, 0.25) is 0 Å². The van der Waals surface area contributed by atoms with Crippen LogP contribution in [0.4, 0.5) is 14.5 Å². The highest BCUT2D eigenvalue weighted by molar-refractivity contribution is 5.99. The number of carbonyl (C=O) groups excluding carboxylic acids is 1. The summed E-state index contributed by atoms with van der Waals surface area (Å²) < 4.78 is 26.5. The maximum absolute atomic E-state index is 13.6. The molecule has 3 nitrogen and oxygen atoms in total. The Labute approximate surface area is 115 Å². The topological polar surface area (TPSA) is 55.1 Å². The third-order valence-corrected chi connectivity index (χ3v) is 2.98. The Kier molecular flexibility index (Phi) is 3.98. The van der Waals surface area contributed by atoms with Gasteiger partial charge in [0, 0.05) is 17.3 Å². The molecule has 20 heavy (non-hydrogen) atoms. The molecule has 1 amide bonds. The van der Waals surface area contributed by atoms with Crippen LogP contribution in [0.3, 0.4) is 0 Å². The first-order chi connectivity index (χ1) is 9.49. The number of hydrogen-bond acceptors (Lipinski definition) is 2. The number of anilines is 1. The molecule has 0 aromatic heterocycles. The molecule has 5 heteroatoms. The molecule has 0 saturated carbocycles. The van der Waals surface area contributed by atoms with Gasteiger partial charge in [0.15, 0.2) is 0 Å². The van der Waals surface area contributed by atoms with Gasteiger partial charge in [-0.15, -0.1) is 0 Å². The second kappa shape index (κ2) is 5.69. The van der Waals surface area contributed by atoms with Crippen LogP contribution in [0.1, 0.15) is 28.9 Å². The van der Waals surface area contributed by atoms with E-state index in [0.29, 0.717) is 11.3 Å². The van der Waals surface area contributed by atoms with Gasteiger partial charge in [-0.25, -0.2) is 8.78 Å². The molecule has 0 saturated heterocycles. The largest absolute Gasteiger partial charge is 0.398 e. The van der Waals surface area contributed by atoms with Gasteiger partial charge in [-0.1, -0.05) is 18.2 Å². The third-order valence-electron chi connectivity index (χ3n) is 2.98. The third kappa shape index (κ3) is 2.93. The Morgan fingerprint density at radius 2 is 1.90 bits per heavy atom. The maximum atomic E-state index is 13.6. The van der Waals surface area contributed by atoms with Crippen LogP contribution >= 0.6 is 0 Å². The van der Waals surface area contributed by atoms with Crippen molar-refractivity contribution in [2.24, 2.45) is 0 Å². The summed E-state index contributed by atoms with van der Waals surface area (Å²) in [6.45, 7) is 1.62. The molecule has 104 valence electrons. The van der Waals surface area contributed by atoms with Crippen molar-refractivity contribution >= 4 is 11.6 Å². The van der Waals surface area contributed by atoms with Gasteiger partial charge in [0.05, 0.1) is 11.6 Å². The molecule has 1 atom stereocenters. The standard InChI is InChI=1S/C15H14F2N2O/c1-9(11-7-6-10(16)8-13(11)17)19-15(20)12-4-2-3-5-14(12)18/h2-9H,18H2,1H3,(H,19,20). The van der Waals surface area contributed by atoms with E-state index in [2.05, 4.69) is 5.32 Å². The van der Waals surface area contributed by atoms with E-state index in [4.69, 9.17) is 5.73 Å². The fraction of sp³-hybridized carbons (Fsp3) is 0.133. The summed E-state index contributed by atoms with van der Waals surface area (Å²) in [5.41, 5.74) is 6.58. The zero-order valence-corrected chi connectivity index (χ0v) is 10.9. The number of carbonyl (C=O) groups is 1. The van der Waals surface area contributed by atoms with Crippen molar-refractivity contribution in [3.05, 3.63) is 65.2 Å². The summed E-state index contributed by atoms with van der Waals surface area (Å²) in [5, 5.41) is 2.63. The maximum Gasteiger partial charge on any atom is 0.253 e. The molecule has 2 aromatic rings. The first-order valence-electron chi connectivity index (χ1n) is 6.09. The minimum Gasteiger partial charge on any atom is -0.398 e. The molecule has 2 aromatic carbocycles. The van der Waals surface area contributed by atoms with E-state index in [0.717, 1.165) is 12.1 Å². The molecule has 2 rings (SSSR count). The summed E-state index contributed by atoms with van der Waals surface area (Å²) in [5.74, 6) is -1.75. The fourth-order valence-electron chi connectivity index (χ4n) is 1.91. The van der Waals surface area contributed by atoms with E-state index in [1.807, 2.05) is 0 Å². The summed E-state index contributed by atoms with van der Waals surface area (Å²) >= 11 is 0. The number of nitrogens with two attached hydrogens (primary N) is 1. The summed E-state index contributed by atoms with van der Waals surface area (Å²) in [6, 6.07) is 9.25. The van der Waals surface area contributed by atoms with Gasteiger partial charge in [0.1, 0.15) is 11.6 Å². The minimum absolute atomic E-state index is 0.217. The zero-order chi connectivity index (χ0) is 14.7. The highest BCUT2D eigenvalue weighted by Gasteiger charge is 2.16. The highest BCUT2D eigenvalue weighted by Crippen LogP contribution is 2.19. The van der Waals surface area contributed by atoms with Crippen molar-refractivity contribution in [1.29, 1.82) is 0 Å². The molecule has 0 fully saturated rings. The normalized spacial score (nSPS) is 11.9. The number of halogens is 2. The monoisotopic (exact) mass is 276 g/mol. The number of nitrogen functional groups attached to an aromatic ring is 1. The molecule has 3 N–H and O–H groups in total. The van der Waals surface area contributed by atoms with Gasteiger partial charge in [-0.3, -0.25) is 4.79 Å². The first kappa shape index (κ1) is 14.0. The zero-order valence-electron chi connectivity index (χ0n) is 10.9. The molecular formula is C15H14F2N2O. The number of nitrogens with one attached hydrogen (secondary N) is 1. The summed E-state index contributed by atoms with van der Waals surface area (Å²) in [7, 11) is 0. The Bertz CT molecular complexity index is 644. The van der Waals surface area contributed by atoms with Gasteiger partial charge in [0.25, 0.3) is 5.91 Å². The number of amides is 1. The predicted molar refractivity (Wildman–Crippen MR) is 73.1 cm³/mol. The Morgan fingerprint density at radius 1 is 1.20 bits per heavy atom. The van der Waals surface area contributed by atoms with Crippen LogP contribution in [0, 0.1) is 11.6 Å². The van der Waals surface area contributed by atoms with E-state index in [1.165, 1.54) is 6.07 Å². The lowest BCUT2D eigenvalue weighted by atomic mass is 10.1. The molecule has 0 spiro atoms. The van der Waals surface area contributed by atoms with Crippen molar-refractivity contribution in [3.63, 3.8) is 0 Å². The van der Waals surface area contributed by atoms with Gasteiger partial charge < -0.3 is 11.1 Å². The number of rotatable bonds is 3. The van der Waals surface area contributed by atoms with Gasteiger partial charge in [-0.05, 0) is 25.1 Å². The molecule has 0 aliphatic heterocycles. The lowest BCUT2D eigenvalue weighted by molar-refractivity contribution is 0.0940. The number of para-hydroxylation sites is 1. The molecule has 1 unspecified atom stereocenters. The number of hydrogen-bond donors (Lipinski definition) is 2. The fourth-order valence-corrected chi connectivity index (χ4v) is 1.91. The Morgan fingerprint density at radius 3 is 2.55 bits per heavy atom. The smallest absolute Gasteiger partial charge is 0.253 e. The molecule has 0 aliphatic rings. The van der Waals surface area contributed by atoms with E-state index in [9.17, 15) is 13.6 Å². The lowest BCUT2D eigenvalue weighted by Crippen LogP contribution is -2.27. The van der Waals surface area contributed by atoms with Crippen LogP contribution in [0.15, 0.2) is 42.5 Å². The predicted octanol–water partition coefficient (Wildman–Crippen LogP) is 3.04. The average Bonchev–Trinajstić information content (AvgIpc) is 2.38. The second-order valence-electron chi connectivity index (χ2n) is 4.45. The van der Waals surface area contributed by atoms with Gasteiger partial charge in [-0.2, -0.15) is 0 Å². The molecular weight excluding hydrogens is 262 g/mol. The highest BCUT2D eigenvalue weighted by atomic mass is 19.1. The van der Waals surface area contributed by atoms with Crippen LogP contribution < -0.4 is 11.1 Å². The van der Waals surface area contributed by atoms with Gasteiger partial charge in [0.2, 0.25) is 0 Å². The molecule has 0 radical (unpaired) electrons. The van der Waals surface area contributed by atoms with E-state index in [1.54, 1.807) is 31.2 Å². The molecule has 0 aliphatic carbocycles. The summed E-state index contributed by atoms with van der Waals surface area (Å²) in [6.07, 6.45) is 0. The minimum atomic E-state index is -0.696. The van der Waals surface area contributed by atoms with Gasteiger partial charge >= 0.3 is 0 Å². The Balaban J connectivity index is 2.17. The summed E-state index contributed by atoms with van der Waals surface area (Å²) in [4.78, 5) is 12.0. The van der Waals surface area contributed by atoms with E-state index in [-0.39, 0.29) is 5.56 Å². The lowest BCUT2D eigenvalue weighted by Gasteiger charge is -2.16. The second-order valence-corrected chi connectivity index (χ2v) is 4.45. The van der Waals surface area contributed by atoms with Crippen LogP contribution in [0.5, 0.6) is 0 Å². The van der Waals surface area contributed by atoms with Crippen molar-refractivity contribution < 1.29 is 13.6 Å². The molecule has 0 heterocycles. The van der Waals surface area contributed by atoms with Crippen LogP contribution in [-0.2, 0) is 0 Å². The number of benzene rings is 2. The quantitative estimate of drug-likeness (QED) is 0.847. The molecule has 0 bridgehead atoms. The van der Waals surface area contributed by atoms with Crippen molar-refractivity contribution in [1.82, 2.24) is 5.32 Å². The van der Waals surface area contributed by atoms with Crippen LogP contribution in [-0.4, -0.2) is 5.91 Å². The van der Waals surface area contributed by atoms with Crippen molar-refractivity contribution in [3.8, 4) is 0 Å². The van der Waals surface area contributed by atoms with Crippen LogP contribution in [0.25, 0.3) is 0 Å². The van der Waals surface area contributed by atoms with E-state index < -0.39 is 23.6 Å². The Hall–Kier alpha value is -2.43. The SMILES string of the molecule is CC(NC(=O)c1ccccc1N)c1ccc(F)cc1F. The van der Waals surface area contributed by atoms with Crippen molar-refractivity contribution in [2.75, 3.05) is 5.73 Å². The average molecular weight is 276 g/mol.